The summed E-state index contributed by atoms with van der Waals surface area (Å²) in [6.45, 7) is 1.85. The van der Waals surface area contributed by atoms with Gasteiger partial charge in [0, 0.05) is 10.2 Å². The summed E-state index contributed by atoms with van der Waals surface area (Å²) in [4.78, 5) is 12.1. The molecule has 0 aliphatic carbocycles. The lowest BCUT2D eigenvalue weighted by atomic mass is 10.1. The monoisotopic (exact) mass is 321 g/mol. The third kappa shape index (κ3) is 2.88. The number of nitrogens with one attached hydrogen (secondary N) is 1. The van der Waals surface area contributed by atoms with Gasteiger partial charge in [0.15, 0.2) is 0 Å². The van der Waals surface area contributed by atoms with Gasteiger partial charge in [0.05, 0.1) is 0 Å². The van der Waals surface area contributed by atoms with Crippen molar-refractivity contribution < 1.29 is 15.0 Å². The van der Waals surface area contributed by atoms with Crippen LogP contribution in [-0.2, 0) is 0 Å². The number of halogens is 1. The van der Waals surface area contributed by atoms with E-state index in [-0.39, 0.29) is 17.1 Å². The molecule has 19 heavy (non-hydrogen) atoms. The van der Waals surface area contributed by atoms with Crippen molar-refractivity contribution >= 4 is 27.5 Å². The third-order valence-electron chi connectivity index (χ3n) is 2.68. The zero-order valence-electron chi connectivity index (χ0n) is 10.1. The summed E-state index contributed by atoms with van der Waals surface area (Å²) in [5, 5.41) is 21.9. The Morgan fingerprint density at radius 2 is 1.79 bits per heavy atom. The van der Waals surface area contributed by atoms with Crippen LogP contribution in [0.15, 0.2) is 40.9 Å². The largest absolute Gasteiger partial charge is 0.507 e. The zero-order chi connectivity index (χ0) is 14.0. The molecule has 2 rings (SSSR count). The summed E-state index contributed by atoms with van der Waals surface area (Å²) in [5.74, 6) is -1.07. The van der Waals surface area contributed by atoms with Gasteiger partial charge in [-0.3, -0.25) is 4.79 Å². The number of carbonyl (C=O) groups is 1. The number of hydrogen-bond donors (Lipinski definition) is 3. The van der Waals surface area contributed by atoms with E-state index in [4.69, 9.17) is 0 Å². The normalized spacial score (nSPS) is 10.2. The predicted molar refractivity (Wildman–Crippen MR) is 76.6 cm³/mol. The first-order valence-electron chi connectivity index (χ1n) is 5.57. The summed E-state index contributed by atoms with van der Waals surface area (Å²) in [7, 11) is 0. The molecule has 98 valence electrons. The molecule has 2 aromatic rings. The van der Waals surface area contributed by atoms with Crippen molar-refractivity contribution in [1.82, 2.24) is 0 Å². The molecule has 0 heterocycles. The molecule has 0 aliphatic heterocycles. The lowest BCUT2D eigenvalue weighted by Crippen LogP contribution is -2.13. The Hall–Kier alpha value is -2.01. The quantitative estimate of drug-likeness (QED) is 0.793. The van der Waals surface area contributed by atoms with Crippen LogP contribution in [-0.4, -0.2) is 16.1 Å². The number of phenolic OH excluding ortho intramolecular Hbond substituents is 2. The van der Waals surface area contributed by atoms with Crippen molar-refractivity contribution in [3.63, 3.8) is 0 Å². The Morgan fingerprint density at radius 3 is 2.37 bits per heavy atom. The highest BCUT2D eigenvalue weighted by Crippen LogP contribution is 2.28. The van der Waals surface area contributed by atoms with Gasteiger partial charge in [-0.15, -0.1) is 0 Å². The molecular formula is C14H12BrNO3. The predicted octanol–water partition coefficient (Wildman–Crippen LogP) is 3.42. The van der Waals surface area contributed by atoms with Crippen LogP contribution in [0.5, 0.6) is 11.5 Å². The van der Waals surface area contributed by atoms with Crippen LogP contribution in [0.2, 0.25) is 0 Å². The van der Waals surface area contributed by atoms with E-state index in [9.17, 15) is 15.0 Å². The van der Waals surface area contributed by atoms with Gasteiger partial charge in [-0.2, -0.15) is 0 Å². The first-order valence-corrected chi connectivity index (χ1v) is 6.37. The second-order valence-corrected chi connectivity index (χ2v) is 5.00. The van der Waals surface area contributed by atoms with Crippen LogP contribution in [0.1, 0.15) is 15.9 Å². The van der Waals surface area contributed by atoms with Crippen LogP contribution in [0.4, 0.5) is 5.69 Å². The van der Waals surface area contributed by atoms with E-state index in [0.29, 0.717) is 5.69 Å². The molecule has 4 nitrogen and oxygen atoms in total. The molecule has 3 N–H and O–H groups in total. The number of carbonyl (C=O) groups excluding carboxylic acids is 1. The highest BCUT2D eigenvalue weighted by Gasteiger charge is 2.16. The first-order chi connectivity index (χ1) is 8.99. The second-order valence-electron chi connectivity index (χ2n) is 4.08. The Bertz CT molecular complexity index is 620. The molecule has 0 fully saturated rings. The topological polar surface area (TPSA) is 69.6 Å². The molecule has 1 amide bonds. The van der Waals surface area contributed by atoms with Crippen molar-refractivity contribution in [1.29, 1.82) is 0 Å². The summed E-state index contributed by atoms with van der Waals surface area (Å²) in [6, 6.07) is 9.57. The second kappa shape index (κ2) is 5.32. The number of benzene rings is 2. The Balaban J connectivity index is 2.31. The van der Waals surface area contributed by atoms with Crippen LogP contribution < -0.4 is 5.32 Å². The standard InChI is InChI=1S/C14H12BrNO3/c1-8-7-9(15)5-6-10(8)16-14(19)13-11(17)3-2-4-12(13)18/h2-7,17-18H,1H3,(H,16,19). The zero-order valence-corrected chi connectivity index (χ0v) is 11.7. The minimum atomic E-state index is -0.555. The highest BCUT2D eigenvalue weighted by atomic mass is 79.9. The smallest absolute Gasteiger partial charge is 0.263 e. The van der Waals surface area contributed by atoms with Gasteiger partial charge >= 0.3 is 0 Å². The number of aromatic hydroxyl groups is 2. The summed E-state index contributed by atoms with van der Waals surface area (Å²) in [5.41, 5.74) is 1.36. The third-order valence-corrected chi connectivity index (χ3v) is 3.18. The molecule has 5 heteroatoms. The minimum absolute atomic E-state index is 0.134. The maximum Gasteiger partial charge on any atom is 0.263 e. The molecule has 0 aliphatic rings. The number of amides is 1. The molecule has 0 saturated heterocycles. The summed E-state index contributed by atoms with van der Waals surface area (Å²) < 4.78 is 0.911. The van der Waals surface area contributed by atoms with Crippen molar-refractivity contribution in [2.24, 2.45) is 0 Å². The van der Waals surface area contributed by atoms with E-state index in [0.717, 1.165) is 10.0 Å². The molecule has 2 aromatic carbocycles. The van der Waals surface area contributed by atoms with Crippen LogP contribution in [0, 0.1) is 6.92 Å². The summed E-state index contributed by atoms with van der Waals surface area (Å²) in [6.07, 6.45) is 0. The van der Waals surface area contributed by atoms with E-state index in [1.54, 1.807) is 12.1 Å². The molecule has 0 unspecified atom stereocenters. The minimum Gasteiger partial charge on any atom is -0.507 e. The van der Waals surface area contributed by atoms with Crippen molar-refractivity contribution in [3.05, 3.63) is 52.0 Å². The lowest BCUT2D eigenvalue weighted by Gasteiger charge is -2.10. The molecular weight excluding hydrogens is 310 g/mol. The average molecular weight is 322 g/mol. The fourth-order valence-corrected chi connectivity index (χ4v) is 2.19. The van der Waals surface area contributed by atoms with E-state index in [1.165, 1.54) is 18.2 Å². The molecule has 0 atom stereocenters. The highest BCUT2D eigenvalue weighted by molar-refractivity contribution is 9.10. The summed E-state index contributed by atoms with van der Waals surface area (Å²) >= 11 is 3.34. The van der Waals surface area contributed by atoms with Gasteiger partial charge in [0.1, 0.15) is 17.1 Å². The van der Waals surface area contributed by atoms with Crippen LogP contribution >= 0.6 is 15.9 Å². The van der Waals surface area contributed by atoms with Gasteiger partial charge in [-0.05, 0) is 42.8 Å². The van der Waals surface area contributed by atoms with Gasteiger partial charge in [0.25, 0.3) is 5.91 Å². The maximum atomic E-state index is 12.1. The van der Waals surface area contributed by atoms with Gasteiger partial charge in [-0.1, -0.05) is 22.0 Å². The van der Waals surface area contributed by atoms with Crippen molar-refractivity contribution in [3.8, 4) is 11.5 Å². The van der Waals surface area contributed by atoms with Gasteiger partial charge in [0.2, 0.25) is 0 Å². The SMILES string of the molecule is Cc1cc(Br)ccc1NC(=O)c1c(O)cccc1O. The number of hydrogen-bond acceptors (Lipinski definition) is 3. The number of anilines is 1. The Labute approximate surface area is 118 Å². The van der Waals surface area contributed by atoms with Crippen molar-refractivity contribution in [2.75, 3.05) is 5.32 Å². The number of phenols is 2. The van der Waals surface area contributed by atoms with Crippen LogP contribution in [0.25, 0.3) is 0 Å². The maximum absolute atomic E-state index is 12.1. The Morgan fingerprint density at radius 1 is 1.16 bits per heavy atom. The fraction of sp³-hybridized carbons (Fsp3) is 0.0714. The molecule has 0 saturated carbocycles. The fourth-order valence-electron chi connectivity index (χ4n) is 1.71. The van der Waals surface area contributed by atoms with Crippen molar-refractivity contribution in [2.45, 2.75) is 6.92 Å². The van der Waals surface area contributed by atoms with Gasteiger partial charge < -0.3 is 15.5 Å². The van der Waals surface area contributed by atoms with Gasteiger partial charge in [-0.25, -0.2) is 0 Å². The molecule has 0 aromatic heterocycles. The van der Waals surface area contributed by atoms with Crippen LogP contribution in [0.3, 0.4) is 0 Å². The van der Waals surface area contributed by atoms with E-state index < -0.39 is 5.91 Å². The van der Waals surface area contributed by atoms with E-state index in [2.05, 4.69) is 21.2 Å². The molecule has 0 bridgehead atoms. The first kappa shape index (κ1) is 13.4. The Kier molecular flexibility index (Phi) is 3.76. The van der Waals surface area contributed by atoms with E-state index >= 15 is 0 Å². The lowest BCUT2D eigenvalue weighted by molar-refractivity contribution is 0.102. The molecule has 0 spiro atoms. The number of aryl methyl sites for hydroxylation is 1. The number of rotatable bonds is 2. The molecule has 0 radical (unpaired) electrons. The average Bonchev–Trinajstić information content (AvgIpc) is 2.32. The van der Waals surface area contributed by atoms with E-state index in [1.807, 2.05) is 13.0 Å².